The van der Waals surface area contributed by atoms with E-state index in [1.54, 1.807) is 12.1 Å². The monoisotopic (exact) mass is 432 g/mol. The number of carbonyl (C=O) groups excluding carboxylic acids is 1. The summed E-state index contributed by atoms with van der Waals surface area (Å²) >= 11 is 0. The molecule has 0 saturated heterocycles. The van der Waals surface area contributed by atoms with E-state index in [2.05, 4.69) is 53.8 Å². The van der Waals surface area contributed by atoms with E-state index in [1.807, 2.05) is 0 Å². The highest BCUT2D eigenvalue weighted by Crippen LogP contribution is 2.55. The van der Waals surface area contributed by atoms with Crippen LogP contribution < -0.4 is 10.5 Å². The third-order valence-electron chi connectivity index (χ3n) is 6.60. The van der Waals surface area contributed by atoms with Gasteiger partial charge in [0.15, 0.2) is 0 Å². The van der Waals surface area contributed by atoms with Gasteiger partial charge in [0.05, 0.1) is 11.3 Å². The second kappa shape index (κ2) is 7.62. The maximum absolute atomic E-state index is 12.6. The number of nitrogens with one attached hydrogen (secondary N) is 1. The Morgan fingerprint density at radius 1 is 0.871 bits per heavy atom. The van der Waals surface area contributed by atoms with Crippen LogP contribution >= 0.6 is 0 Å². The molecule has 0 spiro atoms. The van der Waals surface area contributed by atoms with Crippen molar-refractivity contribution in [3.8, 4) is 0 Å². The van der Waals surface area contributed by atoms with Crippen LogP contribution in [-0.2, 0) is 21.2 Å². The molecule has 5 nitrogen and oxygen atoms in total. The van der Waals surface area contributed by atoms with Crippen LogP contribution in [0.15, 0.2) is 77.7 Å². The normalized spacial score (nSPS) is 21.3. The summed E-state index contributed by atoms with van der Waals surface area (Å²) in [6.45, 7) is 0.623. The van der Waals surface area contributed by atoms with Crippen LogP contribution in [0.3, 0.4) is 0 Å². The molecule has 1 amide bonds. The van der Waals surface area contributed by atoms with Gasteiger partial charge in [-0.05, 0) is 52.3 Å². The predicted octanol–water partition coefficient (Wildman–Crippen LogP) is 3.29. The number of hydrogen-bond donors (Lipinski definition) is 2. The Kier molecular flexibility index (Phi) is 4.91. The van der Waals surface area contributed by atoms with Crippen molar-refractivity contribution in [2.24, 2.45) is 11.1 Å². The zero-order chi connectivity index (χ0) is 21.6. The molecule has 0 saturated carbocycles. The Hall–Kier alpha value is -2.96. The van der Waals surface area contributed by atoms with Crippen molar-refractivity contribution >= 4 is 15.9 Å². The second-order valence-corrected chi connectivity index (χ2v) is 10.0. The number of benzene rings is 3. The molecule has 3 aromatic carbocycles. The lowest BCUT2D eigenvalue weighted by Crippen LogP contribution is -2.39. The molecule has 6 rings (SSSR count). The zero-order valence-electron chi connectivity index (χ0n) is 17.0. The van der Waals surface area contributed by atoms with E-state index >= 15 is 0 Å². The smallest absolute Gasteiger partial charge is 0.238 e. The summed E-state index contributed by atoms with van der Waals surface area (Å²) in [7, 11) is -3.73. The third kappa shape index (κ3) is 3.66. The molecule has 3 aliphatic rings. The highest BCUT2D eigenvalue weighted by Gasteiger charge is 2.42. The van der Waals surface area contributed by atoms with Gasteiger partial charge in [-0.15, -0.1) is 0 Å². The van der Waals surface area contributed by atoms with Crippen LogP contribution in [0.4, 0.5) is 0 Å². The van der Waals surface area contributed by atoms with Gasteiger partial charge in [-0.3, -0.25) is 4.79 Å². The van der Waals surface area contributed by atoms with Crippen LogP contribution in [0.2, 0.25) is 0 Å². The minimum atomic E-state index is -3.73. The lowest BCUT2D eigenvalue weighted by Gasteiger charge is -2.45. The fraction of sp³-hybridized carbons (Fsp3) is 0.240. The molecule has 3 aliphatic carbocycles. The van der Waals surface area contributed by atoms with Crippen molar-refractivity contribution in [1.29, 1.82) is 0 Å². The van der Waals surface area contributed by atoms with Crippen LogP contribution in [-0.4, -0.2) is 20.9 Å². The van der Waals surface area contributed by atoms with Crippen LogP contribution in [0.5, 0.6) is 0 Å². The summed E-state index contributed by atoms with van der Waals surface area (Å²) < 4.78 is 22.8. The molecule has 0 radical (unpaired) electrons. The zero-order valence-corrected chi connectivity index (χ0v) is 17.8. The van der Waals surface area contributed by atoms with Crippen LogP contribution in [0, 0.1) is 5.92 Å². The van der Waals surface area contributed by atoms with Gasteiger partial charge in [0.2, 0.25) is 15.9 Å². The van der Waals surface area contributed by atoms with E-state index < -0.39 is 10.0 Å². The van der Waals surface area contributed by atoms with Gasteiger partial charge in [0.25, 0.3) is 0 Å². The van der Waals surface area contributed by atoms with Crippen molar-refractivity contribution in [2.45, 2.75) is 29.6 Å². The number of sulfonamides is 1. The summed E-state index contributed by atoms with van der Waals surface area (Å²) in [4.78, 5) is 12.6. The molecule has 3 N–H and O–H groups in total. The number of fused-ring (bicyclic) bond motifs is 1. The van der Waals surface area contributed by atoms with Crippen molar-refractivity contribution in [1.82, 2.24) is 5.32 Å². The summed E-state index contributed by atoms with van der Waals surface area (Å²) in [6, 6.07) is 23.5. The lowest BCUT2D eigenvalue weighted by molar-refractivity contribution is -0.120. The van der Waals surface area contributed by atoms with Crippen LogP contribution in [0.25, 0.3) is 0 Å². The minimum absolute atomic E-state index is 0.0484. The van der Waals surface area contributed by atoms with Gasteiger partial charge in [0.1, 0.15) is 0 Å². The first kappa shape index (κ1) is 20.0. The lowest BCUT2D eigenvalue weighted by atomic mass is 9.59. The molecule has 158 valence electrons. The minimum Gasteiger partial charge on any atom is -0.356 e. The average molecular weight is 433 g/mol. The topological polar surface area (TPSA) is 89.3 Å². The van der Waals surface area contributed by atoms with E-state index in [-0.39, 0.29) is 17.2 Å². The fourth-order valence-electron chi connectivity index (χ4n) is 5.25. The van der Waals surface area contributed by atoms with Crippen molar-refractivity contribution in [2.75, 3.05) is 6.54 Å². The van der Waals surface area contributed by atoms with Gasteiger partial charge in [-0.2, -0.15) is 0 Å². The molecule has 0 aliphatic heterocycles. The molecule has 1 unspecified atom stereocenters. The summed E-state index contributed by atoms with van der Waals surface area (Å²) in [5.41, 5.74) is 6.36. The average Bonchev–Trinajstić information content (AvgIpc) is 2.77. The summed E-state index contributed by atoms with van der Waals surface area (Å²) in [5, 5.41) is 8.24. The standard InChI is InChI=1S/C25H24N2O3S/c26-31(29,30)18-11-9-16(10-12-18)13-24(28)27-15-17-14-23-19-5-1-3-7-21(19)25(17)22-8-4-2-6-20(22)23/h1-12,17,23,25H,13-15H2,(H,27,28)(H2,26,29,30). The number of nitrogens with two attached hydrogens (primary N) is 1. The van der Waals surface area contributed by atoms with Crippen molar-refractivity contribution in [3.63, 3.8) is 0 Å². The second-order valence-electron chi connectivity index (χ2n) is 8.45. The number of carbonyl (C=O) groups is 1. The van der Waals surface area contributed by atoms with Gasteiger partial charge in [0, 0.05) is 18.4 Å². The molecule has 0 aromatic heterocycles. The highest BCUT2D eigenvalue weighted by molar-refractivity contribution is 7.89. The Morgan fingerprint density at radius 3 is 1.97 bits per heavy atom. The van der Waals surface area contributed by atoms with Crippen molar-refractivity contribution < 1.29 is 13.2 Å². The highest BCUT2D eigenvalue weighted by atomic mass is 32.2. The van der Waals surface area contributed by atoms with E-state index in [0.717, 1.165) is 12.0 Å². The fourth-order valence-corrected chi connectivity index (χ4v) is 5.77. The predicted molar refractivity (Wildman–Crippen MR) is 119 cm³/mol. The quantitative estimate of drug-likeness (QED) is 0.648. The third-order valence-corrected chi connectivity index (χ3v) is 7.53. The molecule has 1 atom stereocenters. The Bertz CT molecular complexity index is 1200. The van der Waals surface area contributed by atoms with E-state index in [4.69, 9.17) is 5.14 Å². The number of rotatable bonds is 5. The first-order valence-electron chi connectivity index (χ1n) is 10.5. The summed E-state index contributed by atoms with van der Waals surface area (Å²) in [5.74, 6) is 0.965. The molecular formula is C25H24N2O3S. The molecular weight excluding hydrogens is 408 g/mol. The van der Waals surface area contributed by atoms with Crippen LogP contribution in [0.1, 0.15) is 46.1 Å². The van der Waals surface area contributed by atoms with Crippen molar-refractivity contribution in [3.05, 3.63) is 101 Å². The maximum atomic E-state index is 12.6. The maximum Gasteiger partial charge on any atom is 0.238 e. The first-order chi connectivity index (χ1) is 14.9. The van der Waals surface area contributed by atoms with E-state index in [1.165, 1.54) is 34.4 Å². The molecule has 0 heterocycles. The Labute approximate surface area is 182 Å². The first-order valence-corrected chi connectivity index (χ1v) is 12.0. The molecule has 3 aromatic rings. The molecule has 31 heavy (non-hydrogen) atoms. The number of amides is 1. The van der Waals surface area contributed by atoms with Gasteiger partial charge < -0.3 is 5.32 Å². The Balaban J connectivity index is 1.30. The molecule has 6 heteroatoms. The molecule has 2 bridgehead atoms. The van der Waals surface area contributed by atoms with Gasteiger partial charge in [-0.1, -0.05) is 60.7 Å². The largest absolute Gasteiger partial charge is 0.356 e. The summed E-state index contributed by atoms with van der Waals surface area (Å²) in [6.07, 6.45) is 1.24. The van der Waals surface area contributed by atoms with E-state index in [9.17, 15) is 13.2 Å². The van der Waals surface area contributed by atoms with Gasteiger partial charge in [-0.25, -0.2) is 13.6 Å². The Morgan fingerprint density at radius 2 is 1.42 bits per heavy atom. The number of hydrogen-bond acceptors (Lipinski definition) is 3. The molecule has 0 fully saturated rings. The van der Waals surface area contributed by atoms with E-state index in [0.29, 0.717) is 24.3 Å². The van der Waals surface area contributed by atoms with Gasteiger partial charge >= 0.3 is 0 Å². The SMILES string of the molecule is NS(=O)(=O)c1ccc(CC(=O)NCC2CC3c4ccccc4C2c2ccccc23)cc1. The number of primary sulfonamides is 1.